The van der Waals surface area contributed by atoms with Crippen molar-refractivity contribution >= 4 is 18.4 Å². The zero-order valence-corrected chi connectivity index (χ0v) is 14.4. The summed E-state index contributed by atoms with van der Waals surface area (Å²) >= 11 is 0. The van der Waals surface area contributed by atoms with E-state index in [0.717, 1.165) is 29.8 Å². The van der Waals surface area contributed by atoms with Crippen molar-refractivity contribution in [2.24, 2.45) is 0 Å². The second kappa shape index (κ2) is 7.55. The Balaban J connectivity index is 0.00000208. The Bertz CT molecular complexity index is 731. The van der Waals surface area contributed by atoms with E-state index < -0.39 is 5.97 Å². The highest BCUT2D eigenvalue weighted by atomic mass is 35.5. The summed E-state index contributed by atoms with van der Waals surface area (Å²) in [7, 11) is 3.25. The highest BCUT2D eigenvalue weighted by Gasteiger charge is 2.24. The Hall–Kier alpha value is -2.24. The number of carboxylic acid groups (broad SMARTS) is 1. The number of nitrogens with one attached hydrogen (secondary N) is 1. The monoisotopic (exact) mass is 349 g/mol. The van der Waals surface area contributed by atoms with Crippen LogP contribution in [0.5, 0.6) is 11.5 Å². The summed E-state index contributed by atoms with van der Waals surface area (Å²) in [6.07, 6.45) is 0.916. The van der Waals surface area contributed by atoms with Gasteiger partial charge in [-0.2, -0.15) is 0 Å². The number of rotatable bonds is 4. The number of benzene rings is 2. The number of carbonyl (C=O) groups is 1. The molecule has 1 aliphatic heterocycles. The van der Waals surface area contributed by atoms with E-state index in [2.05, 4.69) is 5.32 Å². The normalized spacial score (nSPS) is 15.8. The molecule has 1 heterocycles. The maximum Gasteiger partial charge on any atom is 0.335 e. The molecule has 2 N–H and O–H groups in total. The molecule has 1 aliphatic rings. The van der Waals surface area contributed by atoms with Gasteiger partial charge in [-0.3, -0.25) is 0 Å². The average molecular weight is 350 g/mol. The van der Waals surface area contributed by atoms with E-state index in [9.17, 15) is 4.79 Å². The van der Waals surface area contributed by atoms with Crippen molar-refractivity contribution in [1.29, 1.82) is 0 Å². The van der Waals surface area contributed by atoms with Crippen molar-refractivity contribution in [2.75, 3.05) is 20.8 Å². The second-order valence-corrected chi connectivity index (χ2v) is 5.47. The lowest BCUT2D eigenvalue weighted by Crippen LogP contribution is -2.30. The van der Waals surface area contributed by atoms with Crippen LogP contribution in [-0.2, 0) is 6.42 Å². The smallest absolute Gasteiger partial charge is 0.335 e. The van der Waals surface area contributed by atoms with Gasteiger partial charge >= 0.3 is 5.97 Å². The number of methoxy groups -OCH3 is 2. The molecule has 0 saturated heterocycles. The summed E-state index contributed by atoms with van der Waals surface area (Å²) in [5.74, 6) is 0.509. The maximum absolute atomic E-state index is 11.0. The average Bonchev–Trinajstić information content (AvgIpc) is 2.60. The van der Waals surface area contributed by atoms with Crippen molar-refractivity contribution in [3.05, 3.63) is 58.7 Å². The number of ether oxygens (including phenoxy) is 2. The van der Waals surface area contributed by atoms with Crippen molar-refractivity contribution in [2.45, 2.75) is 12.5 Å². The van der Waals surface area contributed by atoms with Crippen LogP contribution in [0.3, 0.4) is 0 Å². The van der Waals surface area contributed by atoms with Crippen LogP contribution in [-0.4, -0.2) is 31.8 Å². The van der Waals surface area contributed by atoms with E-state index in [1.807, 2.05) is 24.3 Å². The maximum atomic E-state index is 11.0. The Labute approximate surface area is 147 Å². The van der Waals surface area contributed by atoms with Gasteiger partial charge in [0.2, 0.25) is 0 Å². The van der Waals surface area contributed by atoms with Crippen molar-refractivity contribution in [1.82, 2.24) is 5.32 Å². The summed E-state index contributed by atoms with van der Waals surface area (Å²) in [6, 6.07) is 11.0. The number of fused-ring (bicyclic) bond motifs is 1. The third kappa shape index (κ3) is 3.32. The SMILES string of the molecule is COc1cc2c(cc1OC)C(c1ccc(C(=O)O)cc1)NCC2.Cl. The van der Waals surface area contributed by atoms with E-state index in [1.165, 1.54) is 5.56 Å². The van der Waals surface area contributed by atoms with Crippen LogP contribution in [0.15, 0.2) is 36.4 Å². The van der Waals surface area contributed by atoms with Crippen molar-refractivity contribution < 1.29 is 19.4 Å². The van der Waals surface area contributed by atoms with E-state index in [1.54, 1.807) is 26.4 Å². The molecule has 0 radical (unpaired) electrons. The third-order valence-electron chi connectivity index (χ3n) is 4.19. The number of hydrogen-bond donors (Lipinski definition) is 2. The van der Waals surface area contributed by atoms with Gasteiger partial charge in [-0.25, -0.2) is 4.79 Å². The van der Waals surface area contributed by atoms with E-state index in [-0.39, 0.29) is 24.0 Å². The lowest BCUT2D eigenvalue weighted by Gasteiger charge is -2.28. The van der Waals surface area contributed by atoms with E-state index in [0.29, 0.717) is 5.75 Å². The minimum absolute atomic E-state index is 0. The molecule has 0 saturated carbocycles. The van der Waals surface area contributed by atoms with Gasteiger partial charge < -0.3 is 19.9 Å². The molecule has 6 heteroatoms. The second-order valence-electron chi connectivity index (χ2n) is 5.47. The molecule has 0 aromatic heterocycles. The molecule has 5 nitrogen and oxygen atoms in total. The molecule has 0 fully saturated rings. The Morgan fingerprint density at radius 2 is 1.75 bits per heavy atom. The summed E-state index contributed by atoms with van der Waals surface area (Å²) < 4.78 is 10.8. The molecule has 128 valence electrons. The van der Waals surface area contributed by atoms with Crippen molar-refractivity contribution in [3.63, 3.8) is 0 Å². The lowest BCUT2D eigenvalue weighted by atomic mass is 9.89. The molecular formula is C18H20ClNO4. The standard InChI is InChI=1S/C18H19NO4.ClH/c1-22-15-9-13-7-8-19-17(14(13)10-16(15)23-2)11-3-5-12(6-4-11)18(20)21;/h3-6,9-10,17,19H,7-8H2,1-2H3,(H,20,21);1H. The predicted molar refractivity (Wildman–Crippen MR) is 93.7 cm³/mol. The molecule has 2 aromatic rings. The minimum atomic E-state index is -0.917. The van der Waals surface area contributed by atoms with Crippen LogP contribution in [0.2, 0.25) is 0 Å². The first-order chi connectivity index (χ1) is 11.1. The van der Waals surface area contributed by atoms with Gasteiger partial charge in [0.1, 0.15) is 0 Å². The zero-order valence-electron chi connectivity index (χ0n) is 13.5. The number of hydrogen-bond acceptors (Lipinski definition) is 4. The van der Waals surface area contributed by atoms with Gasteiger partial charge in [0.25, 0.3) is 0 Å². The number of carboxylic acids is 1. The summed E-state index contributed by atoms with van der Waals surface area (Å²) in [6.45, 7) is 0.855. The minimum Gasteiger partial charge on any atom is -0.493 e. The van der Waals surface area contributed by atoms with Crippen LogP contribution in [0, 0.1) is 0 Å². The van der Waals surface area contributed by atoms with Gasteiger partial charge in [-0.1, -0.05) is 12.1 Å². The van der Waals surface area contributed by atoms with Crippen LogP contribution in [0.1, 0.15) is 33.1 Å². The predicted octanol–water partition coefficient (Wildman–Crippen LogP) is 3.06. The van der Waals surface area contributed by atoms with Gasteiger partial charge in [0.15, 0.2) is 11.5 Å². The zero-order chi connectivity index (χ0) is 16.4. The van der Waals surface area contributed by atoms with Crippen LogP contribution < -0.4 is 14.8 Å². The Morgan fingerprint density at radius 3 is 2.33 bits per heavy atom. The molecule has 1 atom stereocenters. The lowest BCUT2D eigenvalue weighted by molar-refractivity contribution is 0.0697. The first-order valence-electron chi connectivity index (χ1n) is 7.45. The molecule has 1 unspecified atom stereocenters. The van der Waals surface area contributed by atoms with Crippen LogP contribution in [0.4, 0.5) is 0 Å². The molecule has 0 bridgehead atoms. The van der Waals surface area contributed by atoms with Gasteiger partial charge in [-0.05, 0) is 47.4 Å². The molecule has 2 aromatic carbocycles. The van der Waals surface area contributed by atoms with Gasteiger partial charge in [0, 0.05) is 6.54 Å². The Morgan fingerprint density at radius 1 is 1.12 bits per heavy atom. The topological polar surface area (TPSA) is 67.8 Å². The molecule has 0 aliphatic carbocycles. The molecule has 0 amide bonds. The fourth-order valence-electron chi connectivity index (χ4n) is 3.00. The quantitative estimate of drug-likeness (QED) is 0.888. The highest BCUT2D eigenvalue weighted by Crippen LogP contribution is 2.37. The first-order valence-corrected chi connectivity index (χ1v) is 7.45. The molecule has 3 rings (SSSR count). The van der Waals surface area contributed by atoms with Crippen LogP contribution in [0.25, 0.3) is 0 Å². The number of aromatic carboxylic acids is 1. The molecule has 24 heavy (non-hydrogen) atoms. The highest BCUT2D eigenvalue weighted by molar-refractivity contribution is 5.87. The van der Waals surface area contributed by atoms with Crippen LogP contribution >= 0.6 is 12.4 Å². The summed E-state index contributed by atoms with van der Waals surface area (Å²) in [5, 5.41) is 12.5. The van der Waals surface area contributed by atoms with Crippen molar-refractivity contribution in [3.8, 4) is 11.5 Å². The summed E-state index contributed by atoms with van der Waals surface area (Å²) in [5.41, 5.74) is 3.67. The fourth-order valence-corrected chi connectivity index (χ4v) is 3.00. The molecule has 0 spiro atoms. The largest absolute Gasteiger partial charge is 0.493 e. The first kappa shape index (κ1) is 18.1. The fraction of sp³-hybridized carbons (Fsp3) is 0.278. The van der Waals surface area contributed by atoms with E-state index >= 15 is 0 Å². The third-order valence-corrected chi connectivity index (χ3v) is 4.19. The van der Waals surface area contributed by atoms with Gasteiger partial charge in [0.05, 0.1) is 25.8 Å². The summed E-state index contributed by atoms with van der Waals surface area (Å²) in [4.78, 5) is 11.0. The Kier molecular flexibility index (Phi) is 5.70. The number of halogens is 1. The van der Waals surface area contributed by atoms with E-state index in [4.69, 9.17) is 14.6 Å². The molecular weight excluding hydrogens is 330 g/mol. The van der Waals surface area contributed by atoms with Gasteiger partial charge in [-0.15, -0.1) is 12.4 Å².